The molecule has 1 amide bonds. The Labute approximate surface area is 120 Å². The number of carbonyl (C=O) groups excluding carboxylic acids is 1. The molecule has 0 atom stereocenters. The number of benzene rings is 1. The van der Waals surface area contributed by atoms with Gasteiger partial charge in [0, 0.05) is 20.2 Å². The van der Waals surface area contributed by atoms with E-state index in [1.54, 1.807) is 24.1 Å². The zero-order valence-corrected chi connectivity index (χ0v) is 12.2. The van der Waals surface area contributed by atoms with Gasteiger partial charge in [-0.25, -0.2) is 4.39 Å². The standard InChI is InChI=1S/C14H15BrFNO2/c1-19-9-10-5-7-17(8-6-10)14(18)11-3-2-4-12(15)13(11)16/h2-5H,6-9H2,1H3. The predicted octanol–water partition coefficient (Wildman–Crippen LogP) is 3.01. The summed E-state index contributed by atoms with van der Waals surface area (Å²) in [6.07, 6.45) is 2.75. The molecule has 1 aliphatic heterocycles. The van der Waals surface area contributed by atoms with Gasteiger partial charge in [0.05, 0.1) is 16.6 Å². The summed E-state index contributed by atoms with van der Waals surface area (Å²) < 4.78 is 19.2. The summed E-state index contributed by atoms with van der Waals surface area (Å²) in [5.74, 6) is -0.773. The Morgan fingerprint density at radius 1 is 1.53 bits per heavy atom. The number of amides is 1. The molecule has 1 heterocycles. The van der Waals surface area contributed by atoms with Crippen LogP contribution in [0.5, 0.6) is 0 Å². The Kier molecular flexibility index (Phi) is 4.71. The zero-order chi connectivity index (χ0) is 13.8. The van der Waals surface area contributed by atoms with Gasteiger partial charge in [0.2, 0.25) is 0 Å². The van der Waals surface area contributed by atoms with Gasteiger partial charge >= 0.3 is 0 Å². The van der Waals surface area contributed by atoms with E-state index in [4.69, 9.17) is 4.74 Å². The molecule has 2 rings (SSSR count). The largest absolute Gasteiger partial charge is 0.380 e. The van der Waals surface area contributed by atoms with Crippen molar-refractivity contribution in [3.05, 3.63) is 45.7 Å². The highest BCUT2D eigenvalue weighted by atomic mass is 79.9. The molecule has 102 valence electrons. The highest BCUT2D eigenvalue weighted by Gasteiger charge is 2.22. The zero-order valence-electron chi connectivity index (χ0n) is 10.7. The van der Waals surface area contributed by atoms with Crippen LogP contribution in [0.15, 0.2) is 34.3 Å². The van der Waals surface area contributed by atoms with E-state index in [-0.39, 0.29) is 11.5 Å². The minimum atomic E-state index is -0.501. The van der Waals surface area contributed by atoms with Gasteiger partial charge in [-0.2, -0.15) is 0 Å². The molecule has 1 aromatic carbocycles. The van der Waals surface area contributed by atoms with E-state index in [9.17, 15) is 9.18 Å². The molecule has 0 spiro atoms. The van der Waals surface area contributed by atoms with Crippen molar-refractivity contribution >= 4 is 21.8 Å². The fourth-order valence-corrected chi connectivity index (χ4v) is 2.42. The second-order valence-electron chi connectivity index (χ2n) is 4.40. The van der Waals surface area contributed by atoms with Gasteiger partial charge in [0.15, 0.2) is 0 Å². The molecule has 0 aromatic heterocycles. The monoisotopic (exact) mass is 327 g/mol. The maximum Gasteiger partial charge on any atom is 0.257 e. The molecule has 0 radical (unpaired) electrons. The van der Waals surface area contributed by atoms with Crippen LogP contribution < -0.4 is 0 Å². The van der Waals surface area contributed by atoms with Crippen LogP contribution in [-0.2, 0) is 4.74 Å². The van der Waals surface area contributed by atoms with Crippen LogP contribution in [0.25, 0.3) is 0 Å². The average Bonchev–Trinajstić information content (AvgIpc) is 2.42. The van der Waals surface area contributed by atoms with Crippen molar-refractivity contribution in [1.82, 2.24) is 4.90 Å². The molecule has 0 saturated heterocycles. The number of halogens is 2. The first kappa shape index (κ1) is 14.2. The summed E-state index contributed by atoms with van der Waals surface area (Å²) in [7, 11) is 1.65. The Morgan fingerprint density at radius 2 is 2.32 bits per heavy atom. The number of methoxy groups -OCH3 is 1. The van der Waals surface area contributed by atoms with E-state index in [0.29, 0.717) is 24.2 Å². The number of nitrogens with zero attached hydrogens (tertiary/aromatic N) is 1. The first-order valence-electron chi connectivity index (χ1n) is 6.03. The Bertz CT molecular complexity index is 516. The normalized spacial score (nSPS) is 15.3. The number of carbonyl (C=O) groups is 1. The molecular formula is C14H15BrFNO2. The summed E-state index contributed by atoms with van der Waals surface area (Å²) in [5, 5.41) is 0. The fraction of sp³-hybridized carbons (Fsp3) is 0.357. The van der Waals surface area contributed by atoms with Crippen LogP contribution in [0.3, 0.4) is 0 Å². The number of hydrogen-bond donors (Lipinski definition) is 0. The predicted molar refractivity (Wildman–Crippen MR) is 74.6 cm³/mol. The van der Waals surface area contributed by atoms with E-state index in [2.05, 4.69) is 15.9 Å². The summed E-state index contributed by atoms with van der Waals surface area (Å²) >= 11 is 3.09. The van der Waals surface area contributed by atoms with Crippen LogP contribution in [-0.4, -0.2) is 37.6 Å². The molecule has 0 unspecified atom stereocenters. The maximum atomic E-state index is 13.9. The Balaban J connectivity index is 2.12. The number of ether oxygens (including phenoxy) is 1. The minimum Gasteiger partial charge on any atom is -0.380 e. The van der Waals surface area contributed by atoms with E-state index in [0.717, 1.165) is 6.42 Å². The fourth-order valence-electron chi connectivity index (χ4n) is 2.05. The van der Waals surface area contributed by atoms with E-state index >= 15 is 0 Å². The first-order valence-corrected chi connectivity index (χ1v) is 6.83. The van der Waals surface area contributed by atoms with Crippen molar-refractivity contribution in [3.63, 3.8) is 0 Å². The second kappa shape index (κ2) is 6.30. The third-order valence-corrected chi connectivity index (χ3v) is 3.71. The van der Waals surface area contributed by atoms with Gasteiger partial charge in [-0.05, 0) is 40.1 Å². The molecular weight excluding hydrogens is 313 g/mol. The van der Waals surface area contributed by atoms with E-state index in [1.807, 2.05) is 6.08 Å². The highest BCUT2D eigenvalue weighted by molar-refractivity contribution is 9.10. The van der Waals surface area contributed by atoms with Gasteiger partial charge in [-0.15, -0.1) is 0 Å². The van der Waals surface area contributed by atoms with Crippen molar-refractivity contribution < 1.29 is 13.9 Å². The van der Waals surface area contributed by atoms with Crippen molar-refractivity contribution in [2.24, 2.45) is 0 Å². The lowest BCUT2D eigenvalue weighted by Gasteiger charge is -2.26. The highest BCUT2D eigenvalue weighted by Crippen LogP contribution is 2.21. The molecule has 3 nitrogen and oxygen atoms in total. The molecule has 1 aliphatic rings. The summed E-state index contributed by atoms with van der Waals surface area (Å²) in [6, 6.07) is 4.76. The van der Waals surface area contributed by atoms with Gasteiger partial charge in [-0.3, -0.25) is 4.79 Å². The minimum absolute atomic E-state index is 0.109. The quantitative estimate of drug-likeness (QED) is 0.799. The van der Waals surface area contributed by atoms with Gasteiger partial charge in [-0.1, -0.05) is 12.1 Å². The summed E-state index contributed by atoms with van der Waals surface area (Å²) in [4.78, 5) is 13.9. The van der Waals surface area contributed by atoms with Gasteiger partial charge in [0.1, 0.15) is 5.82 Å². The van der Waals surface area contributed by atoms with Gasteiger partial charge < -0.3 is 9.64 Å². The Hall–Kier alpha value is -1.20. The topological polar surface area (TPSA) is 29.5 Å². The SMILES string of the molecule is COCC1=CCN(C(=O)c2cccc(Br)c2F)CC1. The molecule has 0 bridgehead atoms. The molecule has 0 N–H and O–H groups in total. The molecule has 0 aliphatic carbocycles. The first-order chi connectivity index (χ1) is 9.13. The molecule has 0 saturated carbocycles. The molecule has 5 heteroatoms. The molecule has 0 fully saturated rings. The van der Waals surface area contributed by atoms with Crippen LogP contribution in [0.2, 0.25) is 0 Å². The second-order valence-corrected chi connectivity index (χ2v) is 5.25. The third-order valence-electron chi connectivity index (χ3n) is 3.10. The lowest BCUT2D eigenvalue weighted by molar-refractivity contribution is 0.0760. The van der Waals surface area contributed by atoms with Crippen LogP contribution in [0, 0.1) is 5.82 Å². The van der Waals surface area contributed by atoms with E-state index < -0.39 is 5.82 Å². The van der Waals surface area contributed by atoms with Crippen molar-refractivity contribution in [2.45, 2.75) is 6.42 Å². The lowest BCUT2D eigenvalue weighted by Crippen LogP contribution is -2.35. The molecule has 19 heavy (non-hydrogen) atoms. The molecule has 1 aromatic rings. The van der Waals surface area contributed by atoms with Crippen LogP contribution in [0.1, 0.15) is 16.8 Å². The summed E-state index contributed by atoms with van der Waals surface area (Å²) in [6.45, 7) is 1.69. The van der Waals surface area contributed by atoms with Crippen molar-refractivity contribution in [2.75, 3.05) is 26.8 Å². The van der Waals surface area contributed by atoms with Gasteiger partial charge in [0.25, 0.3) is 5.91 Å². The number of hydrogen-bond acceptors (Lipinski definition) is 2. The van der Waals surface area contributed by atoms with E-state index in [1.165, 1.54) is 11.6 Å². The van der Waals surface area contributed by atoms with Crippen molar-refractivity contribution in [3.8, 4) is 0 Å². The maximum absolute atomic E-state index is 13.9. The average molecular weight is 328 g/mol. The van der Waals surface area contributed by atoms with Crippen molar-refractivity contribution in [1.29, 1.82) is 0 Å². The third kappa shape index (κ3) is 3.22. The van der Waals surface area contributed by atoms with Crippen LogP contribution in [0.4, 0.5) is 4.39 Å². The Morgan fingerprint density at radius 3 is 2.95 bits per heavy atom. The lowest BCUT2D eigenvalue weighted by atomic mass is 10.1. The van der Waals surface area contributed by atoms with Crippen LogP contribution >= 0.6 is 15.9 Å². The number of rotatable bonds is 3. The summed E-state index contributed by atoms with van der Waals surface area (Å²) in [5.41, 5.74) is 1.29. The smallest absolute Gasteiger partial charge is 0.257 e.